The van der Waals surface area contributed by atoms with Gasteiger partial charge in [0.1, 0.15) is 6.67 Å². The highest BCUT2D eigenvalue weighted by molar-refractivity contribution is 9.11. The first-order valence-corrected chi connectivity index (χ1v) is 8.62. The van der Waals surface area contributed by atoms with Gasteiger partial charge in [-0.05, 0) is 80.2 Å². The summed E-state index contributed by atoms with van der Waals surface area (Å²) in [5, 5.41) is 0. The Morgan fingerprint density at radius 1 is 0.850 bits per heavy atom. The van der Waals surface area contributed by atoms with Crippen molar-refractivity contribution in [3.63, 3.8) is 0 Å². The number of hydrogen-bond donors (Lipinski definition) is 0. The molecule has 0 bridgehead atoms. The molecule has 0 amide bonds. The van der Waals surface area contributed by atoms with E-state index in [4.69, 9.17) is 0 Å². The van der Waals surface area contributed by atoms with Crippen molar-refractivity contribution in [2.75, 3.05) is 0 Å². The monoisotopic (exact) mass is 532 g/mol. The van der Waals surface area contributed by atoms with Gasteiger partial charge in [0.05, 0.1) is 8.95 Å². The Bertz CT molecular complexity index is 556. The first-order chi connectivity index (χ1) is 9.33. The predicted octanol–water partition coefficient (Wildman–Crippen LogP) is 7.34. The quantitative estimate of drug-likeness (QED) is 0.335. The molecule has 2 rings (SSSR count). The molecule has 0 fully saturated rings. The van der Waals surface area contributed by atoms with Gasteiger partial charge in [0.2, 0.25) is 0 Å². The molecule has 0 nitrogen and oxygen atoms in total. The van der Waals surface area contributed by atoms with Crippen LogP contribution in [-0.2, 0) is 6.67 Å². The molecule has 6 heteroatoms. The summed E-state index contributed by atoms with van der Waals surface area (Å²) in [7, 11) is 0. The van der Waals surface area contributed by atoms with E-state index in [2.05, 4.69) is 63.7 Å². The van der Waals surface area contributed by atoms with Crippen LogP contribution in [0.3, 0.4) is 0 Å². The summed E-state index contributed by atoms with van der Waals surface area (Å²) in [6.45, 7) is 1.49. The SMILES string of the molecule is Cc1cc(Br)c(F)c(Br)c1.FCc1cc(Br)cc(Br)c1. The lowest BCUT2D eigenvalue weighted by molar-refractivity contribution is 0.485. The van der Waals surface area contributed by atoms with E-state index in [1.807, 2.05) is 13.0 Å². The van der Waals surface area contributed by atoms with Crippen LogP contribution in [0.4, 0.5) is 8.78 Å². The molecular formula is C14H10Br4F2. The van der Waals surface area contributed by atoms with Crippen LogP contribution in [0.5, 0.6) is 0 Å². The van der Waals surface area contributed by atoms with Gasteiger partial charge in [0, 0.05) is 8.95 Å². The van der Waals surface area contributed by atoms with Crippen molar-refractivity contribution in [3.05, 3.63) is 65.2 Å². The van der Waals surface area contributed by atoms with Crippen molar-refractivity contribution in [2.45, 2.75) is 13.6 Å². The lowest BCUT2D eigenvalue weighted by atomic mass is 10.2. The van der Waals surface area contributed by atoms with Crippen LogP contribution in [0.25, 0.3) is 0 Å². The zero-order chi connectivity index (χ0) is 15.3. The molecule has 20 heavy (non-hydrogen) atoms. The van der Waals surface area contributed by atoms with Crippen LogP contribution >= 0.6 is 63.7 Å². The van der Waals surface area contributed by atoms with Gasteiger partial charge in [-0.1, -0.05) is 31.9 Å². The minimum absolute atomic E-state index is 0.245. The van der Waals surface area contributed by atoms with Gasteiger partial charge in [-0.25, -0.2) is 8.78 Å². The number of rotatable bonds is 1. The Morgan fingerprint density at radius 2 is 1.30 bits per heavy atom. The molecule has 0 atom stereocenters. The second kappa shape index (κ2) is 8.61. The van der Waals surface area contributed by atoms with Gasteiger partial charge in [0.15, 0.2) is 5.82 Å². The smallest absolute Gasteiger partial charge is 0.151 e. The molecule has 0 heterocycles. The maximum Gasteiger partial charge on any atom is 0.151 e. The molecule has 2 aromatic carbocycles. The summed E-state index contributed by atoms with van der Waals surface area (Å²) in [6, 6.07) is 8.86. The first kappa shape index (κ1) is 18.3. The molecule has 2 aromatic rings. The largest absolute Gasteiger partial charge is 0.246 e. The Kier molecular flexibility index (Phi) is 7.87. The number of benzene rings is 2. The molecule has 0 radical (unpaired) electrons. The normalized spacial score (nSPS) is 9.95. The standard InChI is InChI=1S/2C7H5Br2F/c8-6-1-5(4-10)2-7(9)3-6;1-4-2-5(8)7(10)6(9)3-4/h1-3H,4H2;2-3H,1H3. The molecule has 0 saturated carbocycles. The number of halogens is 6. The minimum atomic E-state index is -0.419. The molecule has 0 unspecified atom stereocenters. The summed E-state index contributed by atoms with van der Waals surface area (Å²) in [6.07, 6.45) is 0. The van der Waals surface area contributed by atoms with E-state index in [-0.39, 0.29) is 5.82 Å². The van der Waals surface area contributed by atoms with E-state index >= 15 is 0 Å². The molecule has 0 aromatic heterocycles. The predicted molar refractivity (Wildman–Crippen MR) is 93.2 cm³/mol. The van der Waals surface area contributed by atoms with E-state index < -0.39 is 6.67 Å². The number of alkyl halides is 1. The van der Waals surface area contributed by atoms with Crippen molar-refractivity contribution in [1.29, 1.82) is 0 Å². The highest BCUT2D eigenvalue weighted by atomic mass is 79.9. The van der Waals surface area contributed by atoms with E-state index in [0.29, 0.717) is 14.5 Å². The summed E-state index contributed by atoms with van der Waals surface area (Å²) >= 11 is 12.7. The molecule has 0 aliphatic carbocycles. The van der Waals surface area contributed by atoms with Gasteiger partial charge in [0.25, 0.3) is 0 Å². The fourth-order valence-electron chi connectivity index (χ4n) is 1.37. The Morgan fingerprint density at radius 3 is 1.70 bits per heavy atom. The van der Waals surface area contributed by atoms with E-state index in [0.717, 1.165) is 14.5 Å². The van der Waals surface area contributed by atoms with E-state index in [1.165, 1.54) is 0 Å². The van der Waals surface area contributed by atoms with Crippen LogP contribution in [0, 0.1) is 12.7 Å². The summed E-state index contributed by atoms with van der Waals surface area (Å²) < 4.78 is 27.7. The van der Waals surface area contributed by atoms with Crippen LogP contribution < -0.4 is 0 Å². The third-order valence-electron chi connectivity index (χ3n) is 2.20. The Balaban J connectivity index is 0.000000200. The molecule has 0 aliphatic heterocycles. The maximum atomic E-state index is 12.8. The molecule has 0 aliphatic rings. The minimum Gasteiger partial charge on any atom is -0.246 e. The van der Waals surface area contributed by atoms with Gasteiger partial charge in [-0.2, -0.15) is 0 Å². The zero-order valence-electron chi connectivity index (χ0n) is 10.4. The van der Waals surface area contributed by atoms with Crippen LogP contribution in [0.1, 0.15) is 11.1 Å². The summed E-state index contributed by atoms with van der Waals surface area (Å²) in [5.74, 6) is -0.245. The van der Waals surface area contributed by atoms with Gasteiger partial charge >= 0.3 is 0 Å². The van der Waals surface area contributed by atoms with Crippen molar-refractivity contribution >= 4 is 63.7 Å². The van der Waals surface area contributed by atoms with E-state index in [1.54, 1.807) is 24.3 Å². The van der Waals surface area contributed by atoms with Crippen molar-refractivity contribution in [1.82, 2.24) is 0 Å². The highest BCUT2D eigenvalue weighted by Gasteiger charge is 2.03. The van der Waals surface area contributed by atoms with Crippen molar-refractivity contribution in [3.8, 4) is 0 Å². The molecule has 108 valence electrons. The molecule has 0 N–H and O–H groups in total. The topological polar surface area (TPSA) is 0 Å². The molecule has 0 saturated heterocycles. The number of hydrogen-bond acceptors (Lipinski definition) is 0. The zero-order valence-corrected chi connectivity index (χ0v) is 16.7. The van der Waals surface area contributed by atoms with Gasteiger partial charge in [-0.15, -0.1) is 0 Å². The first-order valence-electron chi connectivity index (χ1n) is 5.45. The second-order valence-electron chi connectivity index (χ2n) is 3.95. The average Bonchev–Trinajstić information content (AvgIpc) is 2.35. The Hall–Kier alpha value is 0.220. The van der Waals surface area contributed by atoms with Crippen molar-refractivity contribution in [2.24, 2.45) is 0 Å². The van der Waals surface area contributed by atoms with Crippen LogP contribution in [0.15, 0.2) is 48.2 Å². The van der Waals surface area contributed by atoms with Gasteiger partial charge < -0.3 is 0 Å². The summed E-state index contributed by atoms with van der Waals surface area (Å²) in [5.41, 5.74) is 1.71. The maximum absolute atomic E-state index is 12.8. The molecular weight excluding hydrogens is 526 g/mol. The van der Waals surface area contributed by atoms with Crippen LogP contribution in [-0.4, -0.2) is 0 Å². The highest BCUT2D eigenvalue weighted by Crippen LogP contribution is 2.24. The molecule has 0 spiro atoms. The van der Waals surface area contributed by atoms with Crippen LogP contribution in [0.2, 0.25) is 0 Å². The summed E-state index contributed by atoms with van der Waals surface area (Å²) in [4.78, 5) is 0. The third kappa shape index (κ3) is 5.92. The number of aryl methyl sites for hydroxylation is 1. The lowest BCUT2D eigenvalue weighted by Gasteiger charge is -1.98. The third-order valence-corrected chi connectivity index (χ3v) is 4.27. The average molecular weight is 536 g/mol. The van der Waals surface area contributed by atoms with Gasteiger partial charge in [-0.3, -0.25) is 0 Å². The van der Waals surface area contributed by atoms with E-state index in [9.17, 15) is 8.78 Å². The lowest BCUT2D eigenvalue weighted by Crippen LogP contribution is -1.81. The fraction of sp³-hybridized carbons (Fsp3) is 0.143. The van der Waals surface area contributed by atoms with Crippen molar-refractivity contribution < 1.29 is 8.78 Å². The Labute approximate surface area is 150 Å². The second-order valence-corrected chi connectivity index (χ2v) is 7.49. The fourth-order valence-corrected chi connectivity index (χ4v) is 4.17.